The summed E-state index contributed by atoms with van der Waals surface area (Å²) >= 11 is 1.55. The standard InChI is InChI=1S/C32H40N4O5S/c1-3-35(25-6-4-5-20(2)17-25)29(37)19-36-26-15-16-42-28(26)18-27(36)31(39)34-24-11-7-21(8-12-24)30(38)33-23-13-9-22(10-14-23)32(40)41/h4-6,15-18,21-24H,3,7-14,19H2,1-2H3,(H,33,38)(H,34,39)(H,40,41)/t21?,22-,23-,24?. The molecular formula is C32H40N4O5S. The lowest BCUT2D eigenvalue weighted by Crippen LogP contribution is -2.45. The molecule has 5 rings (SSSR count). The lowest BCUT2D eigenvalue weighted by molar-refractivity contribution is -0.142. The minimum Gasteiger partial charge on any atom is -0.481 e. The summed E-state index contributed by atoms with van der Waals surface area (Å²) < 4.78 is 2.78. The van der Waals surface area contributed by atoms with Gasteiger partial charge in [0.15, 0.2) is 0 Å². The number of hydrogen-bond donors (Lipinski definition) is 3. The van der Waals surface area contributed by atoms with Crippen LogP contribution >= 0.6 is 11.3 Å². The number of aromatic nitrogens is 1. The van der Waals surface area contributed by atoms with Crippen LogP contribution in [0.3, 0.4) is 0 Å². The van der Waals surface area contributed by atoms with E-state index in [4.69, 9.17) is 0 Å². The van der Waals surface area contributed by atoms with Gasteiger partial charge in [0.2, 0.25) is 11.8 Å². The van der Waals surface area contributed by atoms with Crippen molar-refractivity contribution < 1.29 is 24.3 Å². The van der Waals surface area contributed by atoms with Crippen LogP contribution in [0, 0.1) is 18.8 Å². The van der Waals surface area contributed by atoms with E-state index in [1.54, 1.807) is 16.2 Å². The van der Waals surface area contributed by atoms with Gasteiger partial charge in [0.05, 0.1) is 16.1 Å². The number of likely N-dealkylation sites (N-methyl/N-ethyl adjacent to an activating group) is 1. The van der Waals surface area contributed by atoms with Crippen LogP contribution < -0.4 is 15.5 Å². The van der Waals surface area contributed by atoms with Gasteiger partial charge in [-0.1, -0.05) is 12.1 Å². The second kappa shape index (κ2) is 13.1. The molecule has 0 aliphatic heterocycles. The number of benzene rings is 1. The number of carboxylic acid groups (broad SMARTS) is 1. The van der Waals surface area contributed by atoms with Crippen LogP contribution in [-0.2, 0) is 20.9 Å². The molecule has 0 saturated heterocycles. The van der Waals surface area contributed by atoms with E-state index in [9.17, 15) is 24.3 Å². The van der Waals surface area contributed by atoms with Crippen molar-refractivity contribution >= 4 is 50.9 Å². The maximum atomic E-state index is 13.5. The third kappa shape index (κ3) is 6.69. The number of aliphatic carboxylic acids is 1. The molecule has 224 valence electrons. The predicted octanol–water partition coefficient (Wildman–Crippen LogP) is 5.11. The smallest absolute Gasteiger partial charge is 0.306 e. The first-order valence-corrected chi connectivity index (χ1v) is 15.9. The molecule has 2 aliphatic rings. The molecule has 1 aromatic carbocycles. The average Bonchev–Trinajstić information content (AvgIpc) is 3.57. The minimum absolute atomic E-state index is 0.0379. The Bertz CT molecular complexity index is 1450. The Hall–Kier alpha value is -3.66. The van der Waals surface area contributed by atoms with Crippen molar-refractivity contribution in [3.8, 4) is 0 Å². The van der Waals surface area contributed by atoms with E-state index in [0.717, 1.165) is 21.5 Å². The Morgan fingerprint density at radius 3 is 2.24 bits per heavy atom. The SMILES string of the molecule is CCN(C(=O)Cn1c(C(=O)NC2CCC(C(=O)N[C@H]3CC[C@H](C(=O)O)CC3)CC2)cc2sccc21)c1cccc(C)c1. The van der Waals surface area contributed by atoms with E-state index in [0.29, 0.717) is 63.6 Å². The van der Waals surface area contributed by atoms with E-state index in [-0.39, 0.29) is 48.2 Å². The Kier molecular flexibility index (Phi) is 9.30. The number of carbonyl (C=O) groups is 4. The molecule has 0 radical (unpaired) electrons. The van der Waals surface area contributed by atoms with Gasteiger partial charge in [0.1, 0.15) is 12.2 Å². The van der Waals surface area contributed by atoms with Crippen molar-refractivity contribution in [1.82, 2.24) is 15.2 Å². The maximum absolute atomic E-state index is 13.5. The third-order valence-electron chi connectivity index (χ3n) is 8.84. The van der Waals surface area contributed by atoms with Crippen molar-refractivity contribution in [2.75, 3.05) is 11.4 Å². The van der Waals surface area contributed by atoms with Crippen LogP contribution in [0.2, 0.25) is 0 Å². The summed E-state index contributed by atoms with van der Waals surface area (Å²) in [5.74, 6) is -1.38. The highest BCUT2D eigenvalue weighted by Gasteiger charge is 2.32. The van der Waals surface area contributed by atoms with E-state index in [1.165, 1.54) is 0 Å². The normalized spacial score (nSPS) is 22.4. The number of carbonyl (C=O) groups excluding carboxylic acids is 3. The Morgan fingerprint density at radius 1 is 0.929 bits per heavy atom. The fourth-order valence-electron chi connectivity index (χ4n) is 6.42. The van der Waals surface area contributed by atoms with Crippen LogP contribution in [0.5, 0.6) is 0 Å². The summed E-state index contributed by atoms with van der Waals surface area (Å²) in [7, 11) is 0. The molecule has 2 aliphatic carbocycles. The zero-order chi connectivity index (χ0) is 29.8. The zero-order valence-electron chi connectivity index (χ0n) is 24.3. The first-order chi connectivity index (χ1) is 20.2. The average molecular weight is 593 g/mol. The maximum Gasteiger partial charge on any atom is 0.306 e. The molecule has 3 aromatic rings. The second-order valence-electron chi connectivity index (χ2n) is 11.7. The van der Waals surface area contributed by atoms with Gasteiger partial charge < -0.3 is 25.2 Å². The summed E-state index contributed by atoms with van der Waals surface area (Å²) in [6.07, 6.45) is 5.42. The Balaban J connectivity index is 1.18. The molecule has 42 heavy (non-hydrogen) atoms. The molecule has 10 heteroatoms. The van der Waals surface area contributed by atoms with Gasteiger partial charge in [-0.25, -0.2) is 0 Å². The fraction of sp³-hybridized carbons (Fsp3) is 0.500. The van der Waals surface area contributed by atoms with Gasteiger partial charge in [-0.2, -0.15) is 0 Å². The van der Waals surface area contributed by atoms with Gasteiger partial charge in [-0.3, -0.25) is 19.2 Å². The molecular weight excluding hydrogens is 552 g/mol. The largest absolute Gasteiger partial charge is 0.481 e. The summed E-state index contributed by atoms with van der Waals surface area (Å²) in [5.41, 5.74) is 3.27. The number of fused-ring (bicyclic) bond motifs is 1. The second-order valence-corrected chi connectivity index (χ2v) is 12.6. The van der Waals surface area contributed by atoms with Crippen molar-refractivity contribution in [2.45, 2.75) is 83.8 Å². The molecule has 0 atom stereocenters. The first kappa shape index (κ1) is 29.8. The van der Waals surface area contributed by atoms with Gasteiger partial charge in [-0.05, 0) is 100 Å². The lowest BCUT2D eigenvalue weighted by atomic mass is 9.83. The highest BCUT2D eigenvalue weighted by molar-refractivity contribution is 7.17. The van der Waals surface area contributed by atoms with Crippen LogP contribution in [0.1, 0.15) is 74.3 Å². The quantitative estimate of drug-likeness (QED) is 0.319. The minimum atomic E-state index is -0.746. The number of anilines is 1. The van der Waals surface area contributed by atoms with Crippen molar-refractivity contribution in [2.24, 2.45) is 11.8 Å². The molecule has 2 saturated carbocycles. The molecule has 0 unspecified atom stereocenters. The van der Waals surface area contributed by atoms with Gasteiger partial charge >= 0.3 is 5.97 Å². The molecule has 0 spiro atoms. The summed E-state index contributed by atoms with van der Waals surface area (Å²) in [6, 6.07) is 11.7. The molecule has 2 fully saturated rings. The van der Waals surface area contributed by atoms with Gasteiger partial charge in [-0.15, -0.1) is 11.3 Å². The molecule has 2 heterocycles. The molecule has 0 bridgehead atoms. The zero-order valence-corrected chi connectivity index (χ0v) is 25.1. The van der Waals surface area contributed by atoms with Crippen LogP contribution in [0.25, 0.3) is 10.2 Å². The number of hydrogen-bond acceptors (Lipinski definition) is 5. The van der Waals surface area contributed by atoms with Crippen molar-refractivity contribution in [3.63, 3.8) is 0 Å². The summed E-state index contributed by atoms with van der Waals surface area (Å²) in [5, 5.41) is 17.5. The highest BCUT2D eigenvalue weighted by atomic mass is 32.1. The highest BCUT2D eigenvalue weighted by Crippen LogP contribution is 2.29. The number of amides is 3. The van der Waals surface area contributed by atoms with Crippen molar-refractivity contribution in [1.29, 1.82) is 0 Å². The summed E-state index contributed by atoms with van der Waals surface area (Å²) in [6.45, 7) is 4.54. The predicted molar refractivity (Wildman–Crippen MR) is 164 cm³/mol. The van der Waals surface area contributed by atoms with E-state index in [1.807, 2.05) is 60.2 Å². The third-order valence-corrected chi connectivity index (χ3v) is 9.69. The molecule has 9 nitrogen and oxygen atoms in total. The molecule has 3 N–H and O–H groups in total. The first-order valence-electron chi connectivity index (χ1n) is 15.0. The molecule has 2 aromatic heterocycles. The fourth-order valence-corrected chi connectivity index (χ4v) is 7.24. The van der Waals surface area contributed by atoms with E-state index in [2.05, 4.69) is 10.6 Å². The van der Waals surface area contributed by atoms with Crippen LogP contribution in [0.4, 0.5) is 5.69 Å². The Morgan fingerprint density at radius 2 is 1.60 bits per heavy atom. The lowest BCUT2D eigenvalue weighted by Gasteiger charge is -2.31. The molecule has 3 amide bonds. The van der Waals surface area contributed by atoms with E-state index < -0.39 is 5.97 Å². The topological polar surface area (TPSA) is 121 Å². The number of nitrogens with zero attached hydrogens (tertiary/aromatic N) is 2. The summed E-state index contributed by atoms with van der Waals surface area (Å²) in [4.78, 5) is 52.8. The number of nitrogens with one attached hydrogen (secondary N) is 2. The Labute approximate surface area is 250 Å². The number of carboxylic acids is 1. The van der Waals surface area contributed by atoms with Crippen molar-refractivity contribution in [3.05, 3.63) is 53.0 Å². The monoisotopic (exact) mass is 592 g/mol. The van der Waals surface area contributed by atoms with Crippen LogP contribution in [-0.4, -0.2) is 52.0 Å². The van der Waals surface area contributed by atoms with E-state index >= 15 is 0 Å². The number of rotatable bonds is 9. The van der Waals surface area contributed by atoms with Gasteiger partial charge in [0.25, 0.3) is 5.91 Å². The van der Waals surface area contributed by atoms with Gasteiger partial charge in [0, 0.05) is 30.2 Å². The van der Waals surface area contributed by atoms with Crippen LogP contribution in [0.15, 0.2) is 41.8 Å². The number of aryl methyl sites for hydroxylation is 1. The number of thiophene rings is 1.